The Hall–Kier alpha value is -3.35. The van der Waals surface area contributed by atoms with Gasteiger partial charge in [-0.25, -0.2) is 4.68 Å². The molecule has 0 spiro atoms. The Labute approximate surface area is 155 Å². The zero-order chi connectivity index (χ0) is 18.8. The van der Waals surface area contributed by atoms with Gasteiger partial charge in [-0.15, -0.1) is 0 Å². The highest BCUT2D eigenvalue weighted by atomic mass is 16.3. The molecule has 138 valence electrons. The van der Waals surface area contributed by atoms with Crippen molar-refractivity contribution in [1.82, 2.24) is 19.5 Å². The molecular formula is C20H20N4O3. The Morgan fingerprint density at radius 3 is 2.81 bits per heavy atom. The third-order valence-corrected chi connectivity index (χ3v) is 4.72. The predicted octanol–water partition coefficient (Wildman–Crippen LogP) is 2.55. The molecule has 0 saturated heterocycles. The van der Waals surface area contributed by atoms with Crippen LogP contribution < -0.4 is 10.9 Å². The summed E-state index contributed by atoms with van der Waals surface area (Å²) in [7, 11) is 0. The molecule has 1 atom stereocenters. The molecule has 0 bridgehead atoms. The summed E-state index contributed by atoms with van der Waals surface area (Å²) in [5.74, 6) is -0.206. The Morgan fingerprint density at radius 2 is 2.04 bits per heavy atom. The number of amides is 1. The van der Waals surface area contributed by atoms with Crippen LogP contribution in [0.2, 0.25) is 0 Å². The number of nitrogens with zero attached hydrogens (tertiary/aromatic N) is 3. The van der Waals surface area contributed by atoms with Crippen LogP contribution in [0.15, 0.2) is 64.3 Å². The minimum absolute atomic E-state index is 0.206. The van der Waals surface area contributed by atoms with Gasteiger partial charge in [-0.1, -0.05) is 37.3 Å². The molecule has 3 aromatic heterocycles. The van der Waals surface area contributed by atoms with Crippen LogP contribution in [0.1, 0.15) is 24.9 Å². The number of carbonyl (C=O) groups is 1. The largest absolute Gasteiger partial charge is 0.463 e. The van der Waals surface area contributed by atoms with Gasteiger partial charge in [0.25, 0.3) is 5.56 Å². The summed E-state index contributed by atoms with van der Waals surface area (Å²) in [6, 6.07) is 12.7. The monoisotopic (exact) mass is 364 g/mol. The molecule has 1 amide bonds. The summed E-state index contributed by atoms with van der Waals surface area (Å²) >= 11 is 0. The third kappa shape index (κ3) is 3.12. The van der Waals surface area contributed by atoms with Gasteiger partial charge in [0, 0.05) is 18.7 Å². The van der Waals surface area contributed by atoms with E-state index in [0.29, 0.717) is 24.1 Å². The summed E-state index contributed by atoms with van der Waals surface area (Å²) in [6.07, 6.45) is 4.32. The van der Waals surface area contributed by atoms with Crippen LogP contribution in [-0.2, 0) is 11.2 Å². The highest BCUT2D eigenvalue weighted by molar-refractivity contribution is 5.82. The van der Waals surface area contributed by atoms with Gasteiger partial charge in [-0.3, -0.25) is 14.0 Å². The summed E-state index contributed by atoms with van der Waals surface area (Å²) in [5, 5.41) is 7.15. The number of fused-ring (bicyclic) bond motifs is 3. The lowest BCUT2D eigenvalue weighted by Gasteiger charge is -2.16. The minimum atomic E-state index is -0.653. The van der Waals surface area contributed by atoms with E-state index in [-0.39, 0.29) is 11.5 Å². The fourth-order valence-electron chi connectivity index (χ4n) is 3.29. The predicted molar refractivity (Wildman–Crippen MR) is 102 cm³/mol. The van der Waals surface area contributed by atoms with E-state index in [0.717, 1.165) is 17.5 Å². The van der Waals surface area contributed by atoms with Crippen molar-refractivity contribution in [2.24, 2.45) is 0 Å². The van der Waals surface area contributed by atoms with E-state index in [1.54, 1.807) is 29.1 Å². The topological polar surface area (TPSA) is 81.5 Å². The number of furan rings is 1. The van der Waals surface area contributed by atoms with Gasteiger partial charge < -0.3 is 9.73 Å². The molecule has 0 radical (unpaired) electrons. The Morgan fingerprint density at radius 1 is 1.22 bits per heavy atom. The van der Waals surface area contributed by atoms with Crippen molar-refractivity contribution in [3.63, 3.8) is 0 Å². The molecule has 4 rings (SSSR count). The van der Waals surface area contributed by atoms with Crippen LogP contribution in [-0.4, -0.2) is 26.6 Å². The quantitative estimate of drug-likeness (QED) is 0.570. The van der Waals surface area contributed by atoms with E-state index in [4.69, 9.17) is 4.42 Å². The van der Waals surface area contributed by atoms with Crippen LogP contribution in [0.25, 0.3) is 16.6 Å². The molecule has 1 aromatic carbocycles. The minimum Gasteiger partial charge on any atom is -0.463 e. The zero-order valence-electron chi connectivity index (χ0n) is 15.0. The zero-order valence-corrected chi connectivity index (χ0v) is 15.0. The van der Waals surface area contributed by atoms with Crippen molar-refractivity contribution in [3.05, 3.63) is 71.0 Å². The maximum absolute atomic E-state index is 12.9. The van der Waals surface area contributed by atoms with Gasteiger partial charge in [-0.2, -0.15) is 5.10 Å². The fraction of sp³-hybridized carbons (Fsp3) is 0.250. The van der Waals surface area contributed by atoms with Gasteiger partial charge in [0.15, 0.2) is 5.58 Å². The molecule has 7 nitrogen and oxygen atoms in total. The van der Waals surface area contributed by atoms with Crippen LogP contribution in [0, 0.1) is 0 Å². The van der Waals surface area contributed by atoms with Gasteiger partial charge >= 0.3 is 0 Å². The molecular weight excluding hydrogens is 344 g/mol. The average Bonchev–Trinajstić information content (AvgIpc) is 3.27. The van der Waals surface area contributed by atoms with Gasteiger partial charge in [0.2, 0.25) is 5.91 Å². The first-order valence-electron chi connectivity index (χ1n) is 8.96. The number of hydrogen-bond acceptors (Lipinski definition) is 4. The van der Waals surface area contributed by atoms with E-state index >= 15 is 0 Å². The maximum Gasteiger partial charge on any atom is 0.291 e. The molecule has 0 unspecified atom stereocenters. The molecule has 3 heterocycles. The summed E-state index contributed by atoms with van der Waals surface area (Å²) in [6.45, 7) is 2.37. The molecule has 0 aliphatic heterocycles. The highest BCUT2D eigenvalue weighted by Crippen LogP contribution is 2.19. The molecule has 0 aliphatic rings. The Kier molecular flexibility index (Phi) is 4.50. The number of carbonyl (C=O) groups excluding carboxylic acids is 1. The summed E-state index contributed by atoms with van der Waals surface area (Å²) in [5.41, 5.74) is 2.68. The SMILES string of the molecule is CC[C@H](C(=O)NCCc1ccccc1)n1ncn2c(cc3occc32)c1=O. The average molecular weight is 364 g/mol. The Bertz CT molecular complexity index is 1140. The lowest BCUT2D eigenvalue weighted by Crippen LogP contribution is -2.39. The maximum atomic E-state index is 12.9. The smallest absolute Gasteiger partial charge is 0.291 e. The highest BCUT2D eigenvalue weighted by Gasteiger charge is 2.22. The van der Waals surface area contributed by atoms with E-state index < -0.39 is 6.04 Å². The van der Waals surface area contributed by atoms with Crippen molar-refractivity contribution in [2.45, 2.75) is 25.8 Å². The molecule has 1 N–H and O–H groups in total. The molecule has 4 aromatic rings. The second kappa shape index (κ2) is 7.11. The van der Waals surface area contributed by atoms with E-state index in [9.17, 15) is 9.59 Å². The normalized spacial score (nSPS) is 12.5. The summed E-state index contributed by atoms with van der Waals surface area (Å²) in [4.78, 5) is 25.5. The second-order valence-electron chi connectivity index (χ2n) is 6.40. The standard InChI is InChI=1S/C20H20N4O3/c1-2-15(19(25)21-10-8-14-6-4-3-5-7-14)24-20(26)17-12-18-16(9-11-27-18)23(17)13-22-24/h3-7,9,11-13,15H,2,8,10H2,1H3,(H,21,25)/t15-/m1/s1. The molecule has 0 aliphatic carbocycles. The van der Waals surface area contributed by atoms with Crippen molar-refractivity contribution in [2.75, 3.05) is 6.54 Å². The van der Waals surface area contributed by atoms with Gasteiger partial charge in [-0.05, 0) is 18.4 Å². The Balaban J connectivity index is 1.55. The van der Waals surface area contributed by atoms with Crippen LogP contribution in [0.4, 0.5) is 0 Å². The molecule has 7 heteroatoms. The summed E-state index contributed by atoms with van der Waals surface area (Å²) < 4.78 is 8.29. The van der Waals surface area contributed by atoms with Crippen LogP contribution in [0.3, 0.4) is 0 Å². The van der Waals surface area contributed by atoms with Crippen LogP contribution in [0.5, 0.6) is 0 Å². The first-order valence-corrected chi connectivity index (χ1v) is 8.96. The van der Waals surface area contributed by atoms with Crippen molar-refractivity contribution >= 4 is 22.5 Å². The van der Waals surface area contributed by atoms with Crippen LogP contribution >= 0.6 is 0 Å². The van der Waals surface area contributed by atoms with Gasteiger partial charge in [0.1, 0.15) is 17.9 Å². The first kappa shape index (κ1) is 17.1. The van der Waals surface area contributed by atoms with Crippen molar-refractivity contribution in [1.29, 1.82) is 0 Å². The van der Waals surface area contributed by atoms with Crippen molar-refractivity contribution in [3.8, 4) is 0 Å². The first-order chi connectivity index (χ1) is 13.2. The molecule has 0 saturated carbocycles. The number of hydrogen-bond donors (Lipinski definition) is 1. The van der Waals surface area contributed by atoms with E-state index in [1.165, 1.54) is 4.68 Å². The number of aromatic nitrogens is 3. The second-order valence-corrected chi connectivity index (χ2v) is 6.40. The lowest BCUT2D eigenvalue weighted by atomic mass is 10.1. The number of benzene rings is 1. The molecule has 0 fully saturated rings. The van der Waals surface area contributed by atoms with Gasteiger partial charge in [0.05, 0.1) is 11.8 Å². The van der Waals surface area contributed by atoms with Crippen molar-refractivity contribution < 1.29 is 9.21 Å². The van der Waals surface area contributed by atoms with E-state index in [2.05, 4.69) is 10.4 Å². The number of nitrogens with one attached hydrogen (secondary N) is 1. The molecule has 27 heavy (non-hydrogen) atoms. The number of rotatable bonds is 6. The lowest BCUT2D eigenvalue weighted by molar-refractivity contribution is -0.124. The fourth-order valence-corrected chi connectivity index (χ4v) is 3.29. The van der Waals surface area contributed by atoms with E-state index in [1.807, 2.05) is 37.3 Å². The third-order valence-electron chi connectivity index (χ3n) is 4.72.